The molecule has 1 atom stereocenters. The fourth-order valence-electron chi connectivity index (χ4n) is 2.01. The molecule has 0 aliphatic carbocycles. The van der Waals surface area contributed by atoms with Crippen molar-refractivity contribution in [3.05, 3.63) is 42.5 Å². The molecule has 24 heavy (non-hydrogen) atoms. The zero-order valence-corrected chi connectivity index (χ0v) is 13.3. The number of carbonyl (C=O) groups is 3. The Kier molecular flexibility index (Phi) is 5.59. The molecule has 1 aliphatic heterocycles. The van der Waals surface area contributed by atoms with E-state index in [9.17, 15) is 19.5 Å². The van der Waals surface area contributed by atoms with Gasteiger partial charge in [0.15, 0.2) is 5.17 Å². The van der Waals surface area contributed by atoms with Gasteiger partial charge in [0, 0.05) is 6.54 Å². The molecule has 1 fully saturated rings. The summed E-state index contributed by atoms with van der Waals surface area (Å²) < 4.78 is 0. The predicted octanol–water partition coefficient (Wildman–Crippen LogP) is 0.998. The molecule has 3 N–H and O–H groups in total. The van der Waals surface area contributed by atoms with Gasteiger partial charge in [-0.05, 0) is 12.1 Å². The quantitative estimate of drug-likeness (QED) is 0.521. The van der Waals surface area contributed by atoms with E-state index in [0.717, 1.165) is 11.8 Å². The summed E-state index contributed by atoms with van der Waals surface area (Å²) in [4.78, 5) is 36.3. The molecule has 0 radical (unpaired) electrons. The van der Waals surface area contributed by atoms with Gasteiger partial charge in [0.1, 0.15) is 11.0 Å². The lowest BCUT2D eigenvalue weighted by Crippen LogP contribution is -2.34. The van der Waals surface area contributed by atoms with E-state index in [-0.39, 0.29) is 29.4 Å². The second kappa shape index (κ2) is 7.64. The number of rotatable bonds is 6. The van der Waals surface area contributed by atoms with Crippen molar-refractivity contribution in [2.45, 2.75) is 11.7 Å². The summed E-state index contributed by atoms with van der Waals surface area (Å²) in [6.07, 6.45) is 1.13. The van der Waals surface area contributed by atoms with E-state index in [1.165, 1.54) is 23.1 Å². The highest BCUT2D eigenvalue weighted by molar-refractivity contribution is 8.15. The first-order valence-corrected chi connectivity index (χ1v) is 7.78. The number of carbonyl (C=O) groups excluding carboxylic acids is 2. The van der Waals surface area contributed by atoms with Crippen LogP contribution in [0, 0.1) is 0 Å². The van der Waals surface area contributed by atoms with Crippen LogP contribution in [0.5, 0.6) is 5.75 Å². The van der Waals surface area contributed by atoms with Crippen molar-refractivity contribution in [2.75, 3.05) is 6.54 Å². The number of aromatic hydroxyl groups is 1. The van der Waals surface area contributed by atoms with Crippen LogP contribution in [-0.2, 0) is 9.59 Å². The lowest BCUT2D eigenvalue weighted by atomic mass is 10.2. The van der Waals surface area contributed by atoms with Crippen molar-refractivity contribution in [1.82, 2.24) is 10.3 Å². The third-order valence-corrected chi connectivity index (χ3v) is 4.27. The molecule has 9 heteroatoms. The molecule has 2 amide bonds. The highest BCUT2D eigenvalue weighted by Gasteiger charge is 2.38. The summed E-state index contributed by atoms with van der Waals surface area (Å²) in [5, 5.41) is 21.7. The topological polar surface area (TPSA) is 119 Å². The number of nitrogens with one attached hydrogen (secondary N) is 1. The van der Waals surface area contributed by atoms with Crippen LogP contribution in [-0.4, -0.2) is 49.9 Å². The number of hydrazone groups is 1. The largest absolute Gasteiger partial charge is 0.507 e. The van der Waals surface area contributed by atoms with E-state index < -0.39 is 23.0 Å². The van der Waals surface area contributed by atoms with Gasteiger partial charge in [-0.1, -0.05) is 30.0 Å². The number of amides is 2. The van der Waals surface area contributed by atoms with E-state index in [4.69, 9.17) is 5.11 Å². The number of phenols is 1. The SMILES string of the molecule is C=CCN1C(=O)[C@@H](CC(=O)O)S/C1=N\NC(=O)c1ccccc1O. The third-order valence-electron chi connectivity index (χ3n) is 3.09. The normalized spacial score (nSPS) is 18.7. The van der Waals surface area contributed by atoms with Crippen LogP contribution >= 0.6 is 11.8 Å². The zero-order chi connectivity index (χ0) is 17.7. The van der Waals surface area contributed by atoms with Crippen molar-refractivity contribution >= 4 is 34.7 Å². The Balaban J connectivity index is 2.15. The third kappa shape index (κ3) is 3.93. The van der Waals surface area contributed by atoms with Crippen molar-refractivity contribution < 1.29 is 24.6 Å². The highest BCUT2D eigenvalue weighted by Crippen LogP contribution is 2.29. The summed E-state index contributed by atoms with van der Waals surface area (Å²) in [6, 6.07) is 5.95. The van der Waals surface area contributed by atoms with Crippen LogP contribution in [0.2, 0.25) is 0 Å². The number of para-hydroxylation sites is 1. The first-order valence-electron chi connectivity index (χ1n) is 6.90. The second-order valence-corrected chi connectivity index (χ2v) is 5.96. The molecule has 0 saturated carbocycles. The minimum atomic E-state index is -1.10. The van der Waals surface area contributed by atoms with Gasteiger partial charge in [-0.15, -0.1) is 11.7 Å². The van der Waals surface area contributed by atoms with Crippen LogP contribution < -0.4 is 5.43 Å². The molecule has 1 aromatic rings. The van der Waals surface area contributed by atoms with Crippen molar-refractivity contribution in [3.8, 4) is 5.75 Å². The lowest BCUT2D eigenvalue weighted by Gasteiger charge is -2.13. The first kappa shape index (κ1) is 17.5. The molecule has 1 saturated heterocycles. The van der Waals surface area contributed by atoms with Gasteiger partial charge in [-0.25, -0.2) is 5.43 Å². The van der Waals surface area contributed by atoms with Crippen molar-refractivity contribution in [2.24, 2.45) is 5.10 Å². The van der Waals surface area contributed by atoms with Gasteiger partial charge < -0.3 is 10.2 Å². The number of hydrogen-bond acceptors (Lipinski definition) is 6. The smallest absolute Gasteiger partial charge is 0.305 e. The zero-order valence-electron chi connectivity index (χ0n) is 12.5. The number of hydrogen-bond donors (Lipinski definition) is 3. The maximum atomic E-state index is 12.2. The number of thioether (sulfide) groups is 1. The molecule has 8 nitrogen and oxygen atoms in total. The maximum Gasteiger partial charge on any atom is 0.305 e. The van der Waals surface area contributed by atoms with Gasteiger partial charge in [-0.2, -0.15) is 0 Å². The molecule has 1 aliphatic rings. The first-order chi connectivity index (χ1) is 11.4. The number of amidine groups is 1. The number of phenolic OH excluding ortho intramolecular Hbond substituents is 1. The minimum Gasteiger partial charge on any atom is -0.507 e. The van der Waals surface area contributed by atoms with Gasteiger partial charge >= 0.3 is 5.97 Å². The van der Waals surface area contributed by atoms with Crippen molar-refractivity contribution in [3.63, 3.8) is 0 Å². The van der Waals surface area contributed by atoms with Crippen LogP contribution in [0.4, 0.5) is 0 Å². The fraction of sp³-hybridized carbons (Fsp3) is 0.200. The minimum absolute atomic E-state index is 0.0357. The molecular formula is C15H15N3O5S. The fourth-order valence-corrected chi connectivity index (χ4v) is 3.10. The Bertz CT molecular complexity index is 719. The molecule has 1 heterocycles. The Morgan fingerprint density at radius 3 is 2.75 bits per heavy atom. The average Bonchev–Trinajstić information content (AvgIpc) is 2.82. The van der Waals surface area contributed by atoms with Crippen LogP contribution in [0.15, 0.2) is 42.0 Å². The number of benzene rings is 1. The summed E-state index contributed by atoms with van der Waals surface area (Å²) in [5.41, 5.74) is 2.29. The van der Waals surface area contributed by atoms with Gasteiger partial charge in [0.2, 0.25) is 5.91 Å². The monoisotopic (exact) mass is 349 g/mol. The number of nitrogens with zero attached hydrogens (tertiary/aromatic N) is 2. The Morgan fingerprint density at radius 2 is 2.12 bits per heavy atom. The summed E-state index contributed by atoms with van der Waals surface area (Å²) in [6.45, 7) is 3.68. The van der Waals surface area contributed by atoms with Crippen LogP contribution in [0.3, 0.4) is 0 Å². The number of carboxylic acid groups (broad SMARTS) is 1. The molecule has 2 rings (SSSR count). The summed E-state index contributed by atoms with van der Waals surface area (Å²) in [5.74, 6) is -2.34. The van der Waals surface area contributed by atoms with E-state index in [2.05, 4.69) is 17.1 Å². The Labute approximate surface area is 141 Å². The predicted molar refractivity (Wildman–Crippen MR) is 88.5 cm³/mol. The molecule has 0 unspecified atom stereocenters. The Hall–Kier alpha value is -2.81. The molecule has 0 spiro atoms. The summed E-state index contributed by atoms with van der Waals surface area (Å²) >= 11 is 0.957. The molecule has 126 valence electrons. The van der Waals surface area contributed by atoms with E-state index in [0.29, 0.717) is 0 Å². The molecule has 0 bridgehead atoms. The number of aliphatic carboxylic acids is 1. The Morgan fingerprint density at radius 1 is 1.42 bits per heavy atom. The van der Waals surface area contributed by atoms with Gasteiger partial charge in [0.05, 0.1) is 12.0 Å². The molecule has 1 aromatic carbocycles. The van der Waals surface area contributed by atoms with E-state index in [1.807, 2.05) is 0 Å². The molecular weight excluding hydrogens is 334 g/mol. The highest BCUT2D eigenvalue weighted by atomic mass is 32.2. The van der Waals surface area contributed by atoms with Crippen LogP contribution in [0.1, 0.15) is 16.8 Å². The van der Waals surface area contributed by atoms with E-state index >= 15 is 0 Å². The average molecular weight is 349 g/mol. The van der Waals surface area contributed by atoms with Crippen LogP contribution in [0.25, 0.3) is 0 Å². The lowest BCUT2D eigenvalue weighted by molar-refractivity contribution is -0.139. The summed E-state index contributed by atoms with van der Waals surface area (Å²) in [7, 11) is 0. The standard InChI is InChI=1S/C15H15N3O5S/c1-2-7-18-14(23)11(8-12(20)21)24-15(18)17-16-13(22)9-5-3-4-6-10(9)19/h2-6,11,19H,1,7-8H2,(H,16,22)(H,20,21)/b17-15-/t11-/m1/s1. The molecule has 0 aromatic heterocycles. The van der Waals surface area contributed by atoms with Gasteiger partial charge in [-0.3, -0.25) is 19.3 Å². The number of carboxylic acids is 1. The maximum absolute atomic E-state index is 12.2. The van der Waals surface area contributed by atoms with Crippen molar-refractivity contribution in [1.29, 1.82) is 0 Å². The second-order valence-electron chi connectivity index (χ2n) is 4.79. The van der Waals surface area contributed by atoms with E-state index in [1.54, 1.807) is 12.1 Å². The van der Waals surface area contributed by atoms with Gasteiger partial charge in [0.25, 0.3) is 5.91 Å².